The van der Waals surface area contributed by atoms with E-state index < -0.39 is 0 Å². The summed E-state index contributed by atoms with van der Waals surface area (Å²) in [6, 6.07) is 0. The van der Waals surface area contributed by atoms with Gasteiger partial charge in [0.1, 0.15) is 0 Å². The van der Waals surface area contributed by atoms with Crippen molar-refractivity contribution in [1.29, 1.82) is 0 Å². The SMILES string of the molecule is CCCCc1cnc(=S)[nH]c1.NC(N)=S. The lowest BCUT2D eigenvalue weighted by Crippen LogP contribution is -2.18. The standard InChI is InChI=1S/C8H12N2S.CH4N2S/c1-2-3-4-7-5-9-8(11)10-6-7;2-1(3)4/h5-6H,2-4H2,1H3,(H,9,10,11);(H4,2,3,4). The molecule has 5 N–H and O–H groups in total. The zero-order chi connectivity index (χ0) is 11.7. The van der Waals surface area contributed by atoms with Crippen LogP contribution in [0.2, 0.25) is 0 Å². The van der Waals surface area contributed by atoms with Gasteiger partial charge in [0.2, 0.25) is 0 Å². The number of aromatic amines is 1. The van der Waals surface area contributed by atoms with Gasteiger partial charge in [-0.25, -0.2) is 4.98 Å². The number of rotatable bonds is 3. The molecule has 0 radical (unpaired) electrons. The number of aromatic nitrogens is 2. The van der Waals surface area contributed by atoms with E-state index in [-0.39, 0.29) is 5.11 Å². The highest BCUT2D eigenvalue weighted by molar-refractivity contribution is 7.80. The van der Waals surface area contributed by atoms with E-state index in [1.165, 1.54) is 18.4 Å². The van der Waals surface area contributed by atoms with Gasteiger partial charge >= 0.3 is 0 Å². The molecular formula is C9H16N4S2. The highest BCUT2D eigenvalue weighted by atomic mass is 32.1. The molecule has 0 fully saturated rings. The second-order valence-corrected chi connectivity index (χ2v) is 3.79. The van der Waals surface area contributed by atoms with Crippen LogP contribution in [0.5, 0.6) is 0 Å². The molecule has 0 atom stereocenters. The molecule has 0 aliphatic rings. The smallest absolute Gasteiger partial charge is 0.196 e. The Morgan fingerprint density at radius 2 is 2.13 bits per heavy atom. The Kier molecular flexibility index (Phi) is 7.75. The van der Waals surface area contributed by atoms with Crippen LogP contribution in [0.3, 0.4) is 0 Å². The van der Waals surface area contributed by atoms with E-state index >= 15 is 0 Å². The molecule has 0 aliphatic heterocycles. The molecule has 0 unspecified atom stereocenters. The molecule has 1 aromatic rings. The van der Waals surface area contributed by atoms with Gasteiger partial charge in [0.05, 0.1) is 0 Å². The van der Waals surface area contributed by atoms with Gasteiger partial charge in [-0.15, -0.1) is 0 Å². The van der Waals surface area contributed by atoms with Gasteiger partial charge in [0.25, 0.3) is 0 Å². The van der Waals surface area contributed by atoms with Crippen LogP contribution in [0.4, 0.5) is 0 Å². The van der Waals surface area contributed by atoms with Gasteiger partial charge in [-0.2, -0.15) is 0 Å². The first-order chi connectivity index (χ1) is 7.06. The number of aryl methyl sites for hydroxylation is 1. The number of hydrogen-bond donors (Lipinski definition) is 3. The van der Waals surface area contributed by atoms with Gasteiger partial charge in [-0.05, 0) is 42.8 Å². The van der Waals surface area contributed by atoms with Gasteiger partial charge in [-0.3, -0.25) is 0 Å². The maximum atomic E-state index is 4.82. The minimum absolute atomic E-state index is 0.000000000000000222. The number of nitrogens with two attached hydrogens (primary N) is 2. The number of thiocarbonyl (C=S) groups is 1. The third-order valence-electron chi connectivity index (χ3n) is 1.55. The van der Waals surface area contributed by atoms with E-state index in [4.69, 9.17) is 12.2 Å². The van der Waals surface area contributed by atoms with E-state index in [0.29, 0.717) is 4.77 Å². The second kappa shape index (κ2) is 8.31. The monoisotopic (exact) mass is 244 g/mol. The van der Waals surface area contributed by atoms with Gasteiger partial charge in [0, 0.05) is 12.4 Å². The molecule has 15 heavy (non-hydrogen) atoms. The molecular weight excluding hydrogens is 228 g/mol. The lowest BCUT2D eigenvalue weighted by atomic mass is 10.2. The fourth-order valence-electron chi connectivity index (χ4n) is 0.888. The Bertz CT molecular complexity index is 324. The maximum Gasteiger partial charge on any atom is 0.196 e. The Balaban J connectivity index is 0.000000423. The molecule has 0 amide bonds. The third-order valence-corrected chi connectivity index (χ3v) is 1.77. The van der Waals surface area contributed by atoms with Gasteiger partial charge in [0.15, 0.2) is 9.88 Å². The van der Waals surface area contributed by atoms with Crippen molar-refractivity contribution in [3.05, 3.63) is 22.7 Å². The highest BCUT2D eigenvalue weighted by Gasteiger charge is 1.90. The van der Waals surface area contributed by atoms with E-state index in [9.17, 15) is 0 Å². The van der Waals surface area contributed by atoms with E-state index in [1.54, 1.807) is 0 Å². The van der Waals surface area contributed by atoms with Gasteiger partial charge < -0.3 is 16.5 Å². The summed E-state index contributed by atoms with van der Waals surface area (Å²) in [5, 5.41) is 0.000000000000000222. The first-order valence-electron chi connectivity index (χ1n) is 4.64. The number of H-pyrrole nitrogens is 1. The first kappa shape index (κ1) is 14.0. The lowest BCUT2D eigenvalue weighted by molar-refractivity contribution is 0.787. The summed E-state index contributed by atoms with van der Waals surface area (Å²) in [6.45, 7) is 2.18. The Labute approximate surface area is 100 Å². The molecule has 1 aromatic heterocycles. The molecule has 84 valence electrons. The van der Waals surface area contributed by atoms with Crippen molar-refractivity contribution in [3.8, 4) is 0 Å². The average Bonchev–Trinajstić information content (AvgIpc) is 2.16. The van der Waals surface area contributed by atoms with Crippen LogP contribution in [-0.2, 0) is 6.42 Å². The average molecular weight is 244 g/mol. The molecule has 6 heteroatoms. The summed E-state index contributed by atoms with van der Waals surface area (Å²) in [5.41, 5.74) is 10.5. The number of nitrogens with one attached hydrogen (secondary N) is 1. The quantitative estimate of drug-likeness (QED) is 0.705. The molecule has 0 saturated carbocycles. The van der Waals surface area contributed by atoms with Crippen LogP contribution in [0.1, 0.15) is 25.3 Å². The fraction of sp³-hybridized carbons (Fsp3) is 0.444. The van der Waals surface area contributed by atoms with Crippen LogP contribution < -0.4 is 11.5 Å². The predicted octanol–water partition coefficient (Wildman–Crippen LogP) is 1.67. The molecule has 0 aromatic carbocycles. The number of nitrogens with zero attached hydrogens (tertiary/aromatic N) is 1. The summed E-state index contributed by atoms with van der Waals surface area (Å²) in [4.78, 5) is 6.90. The van der Waals surface area contributed by atoms with Crippen molar-refractivity contribution >= 4 is 29.5 Å². The minimum atomic E-state index is 0.000000000000000222. The summed E-state index contributed by atoms with van der Waals surface area (Å²) in [7, 11) is 0. The first-order valence-corrected chi connectivity index (χ1v) is 5.46. The Morgan fingerprint density at radius 1 is 1.53 bits per heavy atom. The normalized spacial score (nSPS) is 8.87. The minimum Gasteiger partial charge on any atom is -0.377 e. The van der Waals surface area contributed by atoms with Crippen LogP contribution >= 0.6 is 24.4 Å². The zero-order valence-electron chi connectivity index (χ0n) is 8.69. The van der Waals surface area contributed by atoms with E-state index in [1.807, 2.05) is 12.4 Å². The topological polar surface area (TPSA) is 80.7 Å². The summed E-state index contributed by atoms with van der Waals surface area (Å²) in [5.74, 6) is 0. The molecule has 1 heterocycles. The molecule has 0 aliphatic carbocycles. The van der Waals surface area contributed by atoms with E-state index in [0.717, 1.165) is 6.42 Å². The molecule has 0 saturated heterocycles. The molecule has 1 rings (SSSR count). The van der Waals surface area contributed by atoms with Gasteiger partial charge in [-0.1, -0.05) is 13.3 Å². The van der Waals surface area contributed by atoms with Crippen molar-refractivity contribution in [2.45, 2.75) is 26.2 Å². The second-order valence-electron chi connectivity index (χ2n) is 2.93. The molecule has 4 nitrogen and oxygen atoms in total. The predicted molar refractivity (Wildman–Crippen MR) is 69.0 cm³/mol. The van der Waals surface area contributed by atoms with Crippen molar-refractivity contribution in [1.82, 2.24) is 9.97 Å². The van der Waals surface area contributed by atoms with Crippen molar-refractivity contribution in [2.24, 2.45) is 11.5 Å². The Morgan fingerprint density at radius 3 is 2.53 bits per heavy atom. The zero-order valence-corrected chi connectivity index (χ0v) is 10.3. The molecule has 0 spiro atoms. The molecule has 0 bridgehead atoms. The van der Waals surface area contributed by atoms with Crippen molar-refractivity contribution in [2.75, 3.05) is 0 Å². The maximum absolute atomic E-state index is 4.82. The highest BCUT2D eigenvalue weighted by Crippen LogP contribution is 2.00. The number of hydrogen-bond acceptors (Lipinski definition) is 3. The lowest BCUT2D eigenvalue weighted by Gasteiger charge is -1.96. The van der Waals surface area contributed by atoms with Crippen molar-refractivity contribution in [3.63, 3.8) is 0 Å². The summed E-state index contributed by atoms with van der Waals surface area (Å²) >= 11 is 8.91. The third kappa shape index (κ3) is 9.30. The largest absolute Gasteiger partial charge is 0.377 e. The van der Waals surface area contributed by atoms with E-state index in [2.05, 4.69) is 40.6 Å². The van der Waals surface area contributed by atoms with Crippen LogP contribution in [0, 0.1) is 4.77 Å². The fourth-order valence-corrected chi connectivity index (χ4v) is 1.000. The van der Waals surface area contributed by atoms with Crippen LogP contribution in [0.25, 0.3) is 0 Å². The van der Waals surface area contributed by atoms with Crippen LogP contribution in [-0.4, -0.2) is 15.1 Å². The summed E-state index contributed by atoms with van der Waals surface area (Å²) in [6.07, 6.45) is 7.30. The Hall–Kier alpha value is -1.01. The van der Waals surface area contributed by atoms with Crippen molar-refractivity contribution < 1.29 is 0 Å². The van der Waals surface area contributed by atoms with Crippen LogP contribution in [0.15, 0.2) is 12.4 Å². The summed E-state index contributed by atoms with van der Waals surface area (Å²) < 4.78 is 0.560. The number of unbranched alkanes of at least 4 members (excludes halogenated alkanes) is 1.